The van der Waals surface area contributed by atoms with Gasteiger partial charge in [0, 0.05) is 20.8 Å². The molecular formula is C24H29Cl3O4S. The fourth-order valence-corrected chi connectivity index (χ4v) is 6.39. The van der Waals surface area contributed by atoms with E-state index in [4.69, 9.17) is 44.6 Å². The number of hydrogen-bond donors (Lipinski definition) is 2. The van der Waals surface area contributed by atoms with E-state index in [1.807, 2.05) is 12.1 Å². The maximum Gasteiger partial charge on any atom is 0.348 e. The Kier molecular flexibility index (Phi) is 9.71. The average Bonchev–Trinajstić information content (AvgIpc) is 3.36. The predicted molar refractivity (Wildman–Crippen MR) is 132 cm³/mol. The highest BCUT2D eigenvalue weighted by molar-refractivity contribution is 7.14. The highest BCUT2D eigenvalue weighted by Gasteiger charge is 2.25. The molecule has 0 amide bonds. The van der Waals surface area contributed by atoms with Crippen molar-refractivity contribution in [2.45, 2.75) is 63.4 Å². The standard InChI is InChI=1S/C24H29Cl3O4S/c1-2-3-21-19(11-22(32-21)24(30)31-13-18(29)12-28)23-15(9-17(26)10-20(23)27)6-4-14-5-7-16(25)8-14/h9-11,14,16,18,28-29H,2-8,12-13H2,1H3/t14-,16+,18-/m0/s1. The number of thiophene rings is 1. The van der Waals surface area contributed by atoms with E-state index < -0.39 is 18.7 Å². The molecule has 1 fully saturated rings. The molecule has 0 radical (unpaired) electrons. The summed E-state index contributed by atoms with van der Waals surface area (Å²) in [6.07, 6.45) is 5.76. The van der Waals surface area contributed by atoms with Gasteiger partial charge in [-0.15, -0.1) is 22.9 Å². The Morgan fingerprint density at radius 2 is 2.03 bits per heavy atom. The Morgan fingerprint density at radius 3 is 2.69 bits per heavy atom. The molecule has 1 aromatic carbocycles. The summed E-state index contributed by atoms with van der Waals surface area (Å²) >= 11 is 20.7. The molecule has 176 valence electrons. The van der Waals surface area contributed by atoms with Crippen LogP contribution in [0.1, 0.15) is 59.1 Å². The topological polar surface area (TPSA) is 66.8 Å². The Bertz CT molecular complexity index is 930. The van der Waals surface area contributed by atoms with Gasteiger partial charge in [0.25, 0.3) is 0 Å². The quantitative estimate of drug-likeness (QED) is 0.277. The van der Waals surface area contributed by atoms with Gasteiger partial charge < -0.3 is 14.9 Å². The number of carbonyl (C=O) groups is 1. The monoisotopic (exact) mass is 518 g/mol. The normalized spacial score (nSPS) is 19.3. The van der Waals surface area contributed by atoms with Crippen molar-refractivity contribution in [2.75, 3.05) is 13.2 Å². The minimum Gasteiger partial charge on any atom is -0.459 e. The van der Waals surface area contributed by atoms with Crippen LogP contribution in [0.25, 0.3) is 11.1 Å². The van der Waals surface area contributed by atoms with E-state index in [1.54, 1.807) is 6.07 Å². The van der Waals surface area contributed by atoms with E-state index in [1.165, 1.54) is 11.3 Å². The molecular weight excluding hydrogens is 491 g/mol. The second-order valence-electron chi connectivity index (χ2n) is 8.37. The first-order chi connectivity index (χ1) is 15.3. The summed E-state index contributed by atoms with van der Waals surface area (Å²) in [4.78, 5) is 14.1. The van der Waals surface area contributed by atoms with Gasteiger partial charge in [0.1, 0.15) is 17.6 Å². The number of alkyl halides is 1. The number of aliphatic hydroxyl groups is 2. The lowest BCUT2D eigenvalue weighted by Gasteiger charge is -2.15. The van der Waals surface area contributed by atoms with Crippen LogP contribution in [-0.4, -0.2) is 40.9 Å². The van der Waals surface area contributed by atoms with Crippen LogP contribution >= 0.6 is 46.1 Å². The lowest BCUT2D eigenvalue weighted by atomic mass is 9.92. The number of carbonyl (C=O) groups excluding carboxylic acids is 1. The van der Waals surface area contributed by atoms with Gasteiger partial charge in [-0.25, -0.2) is 4.79 Å². The Labute approximate surface area is 208 Å². The minimum atomic E-state index is -1.09. The number of rotatable bonds is 10. The van der Waals surface area contributed by atoms with E-state index in [2.05, 4.69) is 6.92 Å². The van der Waals surface area contributed by atoms with E-state index in [0.29, 0.717) is 20.8 Å². The van der Waals surface area contributed by atoms with Gasteiger partial charge >= 0.3 is 5.97 Å². The summed E-state index contributed by atoms with van der Waals surface area (Å²) in [7, 11) is 0. The third-order valence-corrected chi connectivity index (χ3v) is 7.90. The largest absolute Gasteiger partial charge is 0.459 e. The van der Waals surface area contributed by atoms with Crippen molar-refractivity contribution in [1.29, 1.82) is 0 Å². The molecule has 1 aliphatic rings. The Hall–Kier alpha value is -0.820. The highest BCUT2D eigenvalue weighted by atomic mass is 35.5. The van der Waals surface area contributed by atoms with Crippen LogP contribution in [0.5, 0.6) is 0 Å². The molecule has 0 aliphatic heterocycles. The maximum atomic E-state index is 12.5. The van der Waals surface area contributed by atoms with Gasteiger partial charge in [-0.3, -0.25) is 0 Å². The van der Waals surface area contributed by atoms with Crippen LogP contribution in [0.2, 0.25) is 10.0 Å². The number of hydrogen-bond acceptors (Lipinski definition) is 5. The molecule has 32 heavy (non-hydrogen) atoms. The Morgan fingerprint density at radius 1 is 1.25 bits per heavy atom. The second-order valence-corrected chi connectivity index (χ2v) is 11.0. The summed E-state index contributed by atoms with van der Waals surface area (Å²) < 4.78 is 5.16. The van der Waals surface area contributed by atoms with Crippen molar-refractivity contribution in [3.63, 3.8) is 0 Å². The molecule has 3 atom stereocenters. The van der Waals surface area contributed by atoms with Crippen molar-refractivity contribution in [3.8, 4) is 11.1 Å². The lowest BCUT2D eigenvalue weighted by molar-refractivity contribution is 0.00971. The smallest absolute Gasteiger partial charge is 0.348 e. The molecule has 1 aromatic heterocycles. The van der Waals surface area contributed by atoms with Crippen LogP contribution in [0.4, 0.5) is 0 Å². The van der Waals surface area contributed by atoms with Crippen LogP contribution in [-0.2, 0) is 17.6 Å². The number of halogens is 3. The SMILES string of the molecule is CCCc1sc(C(=O)OC[C@@H](O)CO)cc1-c1c(Cl)cc(Cl)cc1CC[C@H]1CC[C@@H](Cl)C1. The third-order valence-electron chi connectivity index (χ3n) is 5.81. The molecule has 1 aliphatic carbocycles. The first kappa shape index (κ1) is 25.8. The van der Waals surface area contributed by atoms with Crippen molar-refractivity contribution >= 4 is 52.1 Å². The first-order valence-electron chi connectivity index (χ1n) is 11.0. The van der Waals surface area contributed by atoms with E-state index >= 15 is 0 Å². The molecule has 0 spiro atoms. The number of benzene rings is 1. The van der Waals surface area contributed by atoms with Crippen molar-refractivity contribution in [2.24, 2.45) is 5.92 Å². The fraction of sp³-hybridized carbons (Fsp3) is 0.542. The highest BCUT2D eigenvalue weighted by Crippen LogP contribution is 2.42. The minimum absolute atomic E-state index is 0.248. The van der Waals surface area contributed by atoms with E-state index in [-0.39, 0.29) is 12.0 Å². The molecule has 1 heterocycles. The molecule has 3 rings (SSSR count). The van der Waals surface area contributed by atoms with Gasteiger partial charge in [0.2, 0.25) is 0 Å². The molecule has 0 saturated heterocycles. The van der Waals surface area contributed by atoms with Gasteiger partial charge in [-0.2, -0.15) is 0 Å². The summed E-state index contributed by atoms with van der Waals surface area (Å²) in [5, 5.41) is 19.9. The molecule has 0 bridgehead atoms. The average molecular weight is 520 g/mol. The van der Waals surface area contributed by atoms with Crippen LogP contribution < -0.4 is 0 Å². The van der Waals surface area contributed by atoms with Crippen LogP contribution in [0.15, 0.2) is 18.2 Å². The number of aliphatic hydroxyl groups excluding tert-OH is 2. The molecule has 8 heteroatoms. The summed E-state index contributed by atoms with van der Waals surface area (Å²) in [5.74, 6) is 0.0843. The second kappa shape index (κ2) is 12.0. The van der Waals surface area contributed by atoms with Gasteiger partial charge in [0.15, 0.2) is 0 Å². The molecule has 4 nitrogen and oxygen atoms in total. The van der Waals surface area contributed by atoms with Crippen LogP contribution in [0, 0.1) is 5.92 Å². The molecule has 2 aromatic rings. The zero-order chi connectivity index (χ0) is 23.3. The van der Waals surface area contributed by atoms with Crippen molar-refractivity contribution in [3.05, 3.63) is 43.6 Å². The third kappa shape index (κ3) is 6.62. The van der Waals surface area contributed by atoms with Crippen molar-refractivity contribution < 1.29 is 19.7 Å². The lowest BCUT2D eigenvalue weighted by Crippen LogP contribution is -2.21. The zero-order valence-corrected chi connectivity index (χ0v) is 21.2. The summed E-state index contributed by atoms with van der Waals surface area (Å²) in [6.45, 7) is 1.38. The molecule has 0 unspecified atom stereocenters. The fourth-order valence-electron chi connectivity index (χ4n) is 4.21. The molecule has 2 N–H and O–H groups in total. The van der Waals surface area contributed by atoms with Gasteiger partial charge in [0.05, 0.1) is 11.6 Å². The Balaban J connectivity index is 1.91. The number of esters is 1. The number of ether oxygens (including phenoxy) is 1. The van der Waals surface area contributed by atoms with Crippen molar-refractivity contribution in [1.82, 2.24) is 0 Å². The summed E-state index contributed by atoms with van der Waals surface area (Å²) in [6, 6.07) is 5.54. The van der Waals surface area contributed by atoms with E-state index in [9.17, 15) is 9.90 Å². The zero-order valence-electron chi connectivity index (χ0n) is 18.1. The number of aryl methyl sites for hydroxylation is 2. The molecule has 1 saturated carbocycles. The van der Waals surface area contributed by atoms with Gasteiger partial charge in [-0.05, 0) is 73.8 Å². The van der Waals surface area contributed by atoms with Crippen LogP contribution in [0.3, 0.4) is 0 Å². The van der Waals surface area contributed by atoms with Gasteiger partial charge in [-0.1, -0.05) is 36.5 Å². The predicted octanol–water partition coefficient (Wildman–Crippen LogP) is 6.52. The van der Waals surface area contributed by atoms with E-state index in [0.717, 1.165) is 66.5 Å². The maximum absolute atomic E-state index is 12.5. The summed E-state index contributed by atoms with van der Waals surface area (Å²) in [5.41, 5.74) is 2.93. The first-order valence-corrected chi connectivity index (χ1v) is 13.0.